The summed E-state index contributed by atoms with van der Waals surface area (Å²) in [5, 5.41) is 9.16. The lowest BCUT2D eigenvalue weighted by Crippen LogP contribution is -2.34. The van der Waals surface area contributed by atoms with E-state index in [-0.39, 0.29) is 0 Å². The van der Waals surface area contributed by atoms with Crippen LogP contribution in [0.25, 0.3) is 0 Å². The molecule has 0 spiro atoms. The van der Waals surface area contributed by atoms with Crippen LogP contribution in [0, 0.1) is 0 Å². The van der Waals surface area contributed by atoms with E-state index in [0.29, 0.717) is 11.6 Å². The molecule has 1 aromatic rings. The minimum absolute atomic E-state index is 0.489. The van der Waals surface area contributed by atoms with E-state index in [2.05, 4.69) is 11.0 Å². The highest BCUT2D eigenvalue weighted by Crippen LogP contribution is 2.37. The van der Waals surface area contributed by atoms with Crippen molar-refractivity contribution in [3.8, 4) is 0 Å². The molecule has 16 heavy (non-hydrogen) atoms. The Morgan fingerprint density at radius 2 is 2.25 bits per heavy atom. The van der Waals surface area contributed by atoms with Gasteiger partial charge in [0, 0.05) is 18.3 Å². The number of benzene rings is 1. The number of anilines is 1. The summed E-state index contributed by atoms with van der Waals surface area (Å²) in [5.74, 6) is -0.797. The van der Waals surface area contributed by atoms with E-state index in [0.717, 1.165) is 30.6 Å². The summed E-state index contributed by atoms with van der Waals surface area (Å²) in [6.07, 6.45) is 4.52. The second kappa shape index (κ2) is 3.51. The number of hydrogen-bond acceptors (Lipinski definition) is 2. The molecule has 2 aliphatic heterocycles. The Morgan fingerprint density at radius 1 is 1.38 bits per heavy atom. The number of nitrogens with zero attached hydrogens (tertiary/aromatic N) is 1. The fraction of sp³-hybridized carbons (Fsp3) is 0.462. The second-order valence-corrected chi connectivity index (χ2v) is 4.64. The van der Waals surface area contributed by atoms with E-state index in [1.807, 2.05) is 6.07 Å². The van der Waals surface area contributed by atoms with Crippen LogP contribution in [0.2, 0.25) is 0 Å². The van der Waals surface area contributed by atoms with Gasteiger partial charge in [0.15, 0.2) is 0 Å². The summed E-state index contributed by atoms with van der Waals surface area (Å²) in [7, 11) is 0. The maximum absolute atomic E-state index is 11.1. The summed E-state index contributed by atoms with van der Waals surface area (Å²) < 4.78 is 0. The standard InChI is InChI=1S/C13H15NO2/c15-13(16)11-4-1-5-12-10(11)7-6-9-3-2-8-14(9)12/h1,4-5,9H,2-3,6-8H2,(H,15,16). The Bertz CT molecular complexity index is 442. The second-order valence-electron chi connectivity index (χ2n) is 4.64. The highest BCUT2D eigenvalue weighted by atomic mass is 16.4. The van der Waals surface area contributed by atoms with Gasteiger partial charge in [0.2, 0.25) is 0 Å². The molecule has 3 heteroatoms. The van der Waals surface area contributed by atoms with E-state index in [9.17, 15) is 4.79 Å². The fourth-order valence-corrected chi connectivity index (χ4v) is 3.07. The Hall–Kier alpha value is -1.51. The number of carbonyl (C=O) groups is 1. The van der Waals surface area contributed by atoms with Crippen molar-refractivity contribution in [3.63, 3.8) is 0 Å². The molecule has 0 radical (unpaired) electrons. The third-order valence-electron chi connectivity index (χ3n) is 3.80. The largest absolute Gasteiger partial charge is 0.478 e. The number of carboxylic acid groups (broad SMARTS) is 1. The van der Waals surface area contributed by atoms with Gasteiger partial charge in [-0.3, -0.25) is 0 Å². The summed E-state index contributed by atoms with van der Waals surface area (Å²) in [6.45, 7) is 1.08. The summed E-state index contributed by atoms with van der Waals surface area (Å²) in [6, 6.07) is 6.30. The molecule has 1 fully saturated rings. The molecular weight excluding hydrogens is 202 g/mol. The highest BCUT2D eigenvalue weighted by Gasteiger charge is 2.31. The number of aromatic carboxylic acids is 1. The summed E-state index contributed by atoms with van der Waals surface area (Å²) in [5.41, 5.74) is 2.68. The number of hydrogen-bond donors (Lipinski definition) is 1. The topological polar surface area (TPSA) is 40.5 Å². The van der Waals surface area contributed by atoms with Crippen molar-refractivity contribution in [2.45, 2.75) is 31.7 Å². The van der Waals surface area contributed by atoms with E-state index in [1.54, 1.807) is 6.07 Å². The fourth-order valence-electron chi connectivity index (χ4n) is 3.07. The Labute approximate surface area is 94.7 Å². The number of fused-ring (bicyclic) bond motifs is 3. The van der Waals surface area contributed by atoms with Crippen LogP contribution >= 0.6 is 0 Å². The van der Waals surface area contributed by atoms with E-state index >= 15 is 0 Å². The van der Waals surface area contributed by atoms with Gasteiger partial charge in [0.1, 0.15) is 0 Å². The van der Waals surface area contributed by atoms with Crippen LogP contribution in [-0.4, -0.2) is 23.7 Å². The van der Waals surface area contributed by atoms with Crippen molar-refractivity contribution in [2.75, 3.05) is 11.4 Å². The van der Waals surface area contributed by atoms with Gasteiger partial charge in [0.25, 0.3) is 0 Å². The predicted molar refractivity (Wildman–Crippen MR) is 62.1 cm³/mol. The van der Waals surface area contributed by atoms with E-state index in [4.69, 9.17) is 5.11 Å². The minimum Gasteiger partial charge on any atom is -0.478 e. The molecule has 1 aromatic carbocycles. The molecule has 3 rings (SSSR count). The zero-order chi connectivity index (χ0) is 11.1. The van der Waals surface area contributed by atoms with Gasteiger partial charge >= 0.3 is 5.97 Å². The molecule has 84 valence electrons. The zero-order valence-corrected chi connectivity index (χ0v) is 9.15. The summed E-state index contributed by atoms with van der Waals surface area (Å²) >= 11 is 0. The average molecular weight is 217 g/mol. The quantitative estimate of drug-likeness (QED) is 0.784. The highest BCUT2D eigenvalue weighted by molar-refractivity contribution is 5.91. The smallest absolute Gasteiger partial charge is 0.336 e. The normalized spacial score (nSPS) is 22.8. The van der Waals surface area contributed by atoms with Crippen molar-refractivity contribution < 1.29 is 9.90 Å². The monoisotopic (exact) mass is 217 g/mol. The van der Waals surface area contributed by atoms with Crippen molar-refractivity contribution in [2.24, 2.45) is 0 Å². The van der Waals surface area contributed by atoms with Crippen LogP contribution < -0.4 is 4.90 Å². The van der Waals surface area contributed by atoms with Gasteiger partial charge in [-0.2, -0.15) is 0 Å². The van der Waals surface area contributed by atoms with Crippen molar-refractivity contribution >= 4 is 11.7 Å². The van der Waals surface area contributed by atoms with Crippen LogP contribution in [0.15, 0.2) is 18.2 Å². The molecule has 1 saturated heterocycles. The van der Waals surface area contributed by atoms with Gasteiger partial charge < -0.3 is 10.0 Å². The first-order valence-corrected chi connectivity index (χ1v) is 5.89. The van der Waals surface area contributed by atoms with Gasteiger partial charge in [-0.25, -0.2) is 4.79 Å². The average Bonchev–Trinajstić information content (AvgIpc) is 2.76. The molecule has 1 N–H and O–H groups in total. The molecule has 3 nitrogen and oxygen atoms in total. The van der Waals surface area contributed by atoms with Crippen LogP contribution in [0.5, 0.6) is 0 Å². The first kappa shape index (κ1) is 9.70. The van der Waals surface area contributed by atoms with Crippen molar-refractivity contribution in [3.05, 3.63) is 29.3 Å². The van der Waals surface area contributed by atoms with Crippen LogP contribution in [0.4, 0.5) is 5.69 Å². The van der Waals surface area contributed by atoms with E-state index in [1.165, 1.54) is 12.8 Å². The number of rotatable bonds is 1. The molecule has 2 aliphatic rings. The molecule has 0 aliphatic carbocycles. The molecular formula is C13H15NO2. The molecule has 1 unspecified atom stereocenters. The lowest BCUT2D eigenvalue weighted by molar-refractivity contribution is 0.0695. The lowest BCUT2D eigenvalue weighted by atomic mass is 9.92. The van der Waals surface area contributed by atoms with Crippen LogP contribution in [0.3, 0.4) is 0 Å². The van der Waals surface area contributed by atoms with Crippen molar-refractivity contribution in [1.29, 1.82) is 0 Å². The van der Waals surface area contributed by atoms with Gasteiger partial charge in [-0.1, -0.05) is 6.07 Å². The number of carboxylic acids is 1. The molecule has 2 heterocycles. The molecule has 0 aromatic heterocycles. The van der Waals surface area contributed by atoms with Gasteiger partial charge in [-0.15, -0.1) is 0 Å². The third kappa shape index (κ3) is 1.31. The third-order valence-corrected chi connectivity index (χ3v) is 3.80. The summed E-state index contributed by atoms with van der Waals surface area (Å²) in [4.78, 5) is 13.5. The molecule has 1 atom stereocenters. The first-order valence-electron chi connectivity index (χ1n) is 5.89. The SMILES string of the molecule is O=C(O)c1cccc2c1CCC1CCCN21. The molecule has 0 saturated carbocycles. The maximum Gasteiger partial charge on any atom is 0.336 e. The molecule has 0 bridgehead atoms. The van der Waals surface area contributed by atoms with Gasteiger partial charge in [0.05, 0.1) is 5.56 Å². The van der Waals surface area contributed by atoms with Crippen LogP contribution in [0.1, 0.15) is 35.2 Å². The van der Waals surface area contributed by atoms with Crippen LogP contribution in [-0.2, 0) is 6.42 Å². The lowest BCUT2D eigenvalue weighted by Gasteiger charge is -2.34. The Morgan fingerprint density at radius 3 is 3.06 bits per heavy atom. The minimum atomic E-state index is -0.797. The Kier molecular flexibility index (Phi) is 2.13. The first-order chi connectivity index (χ1) is 7.77. The molecule has 0 amide bonds. The maximum atomic E-state index is 11.1. The van der Waals surface area contributed by atoms with E-state index < -0.39 is 5.97 Å². The van der Waals surface area contributed by atoms with Gasteiger partial charge in [-0.05, 0) is 43.4 Å². The zero-order valence-electron chi connectivity index (χ0n) is 9.15. The Balaban J connectivity index is 2.10. The predicted octanol–water partition coefficient (Wildman–Crippen LogP) is 2.30. The van der Waals surface area contributed by atoms with Crippen molar-refractivity contribution in [1.82, 2.24) is 0 Å².